The highest BCUT2D eigenvalue weighted by Crippen LogP contribution is 2.37. The quantitative estimate of drug-likeness (QED) is 0.780. The first kappa shape index (κ1) is 19.6. The highest BCUT2D eigenvalue weighted by Gasteiger charge is 2.25. The summed E-state index contributed by atoms with van der Waals surface area (Å²) in [6, 6.07) is 16.9. The molecule has 1 unspecified atom stereocenters. The van der Waals surface area contributed by atoms with Gasteiger partial charge in [0.15, 0.2) is 0 Å². The van der Waals surface area contributed by atoms with Gasteiger partial charge >= 0.3 is 5.97 Å². The maximum Gasteiger partial charge on any atom is 0.304 e. The Balaban J connectivity index is 1.70. The summed E-state index contributed by atoms with van der Waals surface area (Å²) in [6.45, 7) is 5.51. The fourth-order valence-corrected chi connectivity index (χ4v) is 4.36. The summed E-state index contributed by atoms with van der Waals surface area (Å²) in [5, 5.41) is 8.90. The van der Waals surface area contributed by atoms with E-state index in [1.54, 1.807) is 18.9 Å². The molecule has 144 valence electrons. The number of hydrogen-bond donors (Lipinski definition) is 1. The van der Waals surface area contributed by atoms with Crippen LogP contribution in [0.5, 0.6) is 5.75 Å². The van der Waals surface area contributed by atoms with Gasteiger partial charge < -0.3 is 14.7 Å². The summed E-state index contributed by atoms with van der Waals surface area (Å²) >= 11 is 1.76. The van der Waals surface area contributed by atoms with E-state index in [4.69, 9.17) is 9.84 Å². The van der Waals surface area contributed by atoms with Crippen LogP contribution in [0.1, 0.15) is 13.3 Å². The van der Waals surface area contributed by atoms with Crippen molar-refractivity contribution in [3.63, 3.8) is 0 Å². The molecule has 5 nitrogen and oxygen atoms in total. The average molecular weight is 387 g/mol. The summed E-state index contributed by atoms with van der Waals surface area (Å²) in [4.78, 5) is 17.9. The molecule has 0 spiro atoms. The summed E-state index contributed by atoms with van der Waals surface area (Å²) in [6.07, 6.45) is 0.205. The summed E-state index contributed by atoms with van der Waals surface area (Å²) in [7, 11) is 1.68. The molecule has 6 heteroatoms. The number of benzene rings is 2. The van der Waals surface area contributed by atoms with Crippen molar-refractivity contribution in [2.45, 2.75) is 29.2 Å². The molecule has 1 aliphatic heterocycles. The van der Waals surface area contributed by atoms with Gasteiger partial charge in [-0.2, -0.15) is 0 Å². The lowest BCUT2D eigenvalue weighted by Crippen LogP contribution is -2.52. The van der Waals surface area contributed by atoms with Crippen molar-refractivity contribution in [2.24, 2.45) is 0 Å². The molecule has 0 amide bonds. The first-order chi connectivity index (χ1) is 13.1. The van der Waals surface area contributed by atoms with Crippen molar-refractivity contribution in [1.82, 2.24) is 4.90 Å². The van der Waals surface area contributed by atoms with Crippen molar-refractivity contribution in [3.05, 3.63) is 48.5 Å². The monoisotopic (exact) mass is 386 g/mol. The van der Waals surface area contributed by atoms with E-state index in [9.17, 15) is 4.79 Å². The van der Waals surface area contributed by atoms with Gasteiger partial charge in [-0.15, -0.1) is 0 Å². The van der Waals surface area contributed by atoms with E-state index in [1.807, 2.05) is 12.1 Å². The largest absolute Gasteiger partial charge is 0.497 e. The number of piperazine rings is 1. The van der Waals surface area contributed by atoms with Crippen molar-refractivity contribution in [2.75, 3.05) is 38.2 Å². The number of carbonyl (C=O) groups is 1. The van der Waals surface area contributed by atoms with Gasteiger partial charge in [-0.25, -0.2) is 0 Å². The topological polar surface area (TPSA) is 53.0 Å². The van der Waals surface area contributed by atoms with Crippen LogP contribution in [-0.2, 0) is 4.79 Å². The number of hydrogen-bond acceptors (Lipinski definition) is 5. The molecule has 0 radical (unpaired) electrons. The summed E-state index contributed by atoms with van der Waals surface area (Å²) in [5.74, 6) is 0.130. The lowest BCUT2D eigenvalue weighted by atomic mass is 10.1. The molecule has 0 aliphatic carbocycles. The van der Waals surface area contributed by atoms with E-state index in [1.165, 1.54) is 15.5 Å². The predicted octanol–water partition coefficient (Wildman–Crippen LogP) is 3.83. The Kier molecular flexibility index (Phi) is 6.63. The predicted molar refractivity (Wildman–Crippen MR) is 109 cm³/mol. The number of ether oxygens (including phenoxy) is 1. The van der Waals surface area contributed by atoms with E-state index in [0.29, 0.717) is 12.6 Å². The zero-order valence-corrected chi connectivity index (χ0v) is 16.6. The maximum absolute atomic E-state index is 10.8. The van der Waals surface area contributed by atoms with Crippen LogP contribution in [-0.4, -0.2) is 55.3 Å². The number of anilines is 1. The molecule has 1 aliphatic rings. The van der Waals surface area contributed by atoms with E-state index in [2.05, 4.69) is 53.1 Å². The molecular formula is C21H26N2O3S. The lowest BCUT2D eigenvalue weighted by molar-refractivity contribution is -0.137. The summed E-state index contributed by atoms with van der Waals surface area (Å²) in [5.41, 5.74) is 1.24. The molecule has 0 aromatic heterocycles. The van der Waals surface area contributed by atoms with Gasteiger partial charge in [0, 0.05) is 42.0 Å². The molecule has 2 aromatic rings. The van der Waals surface area contributed by atoms with Crippen molar-refractivity contribution in [1.29, 1.82) is 0 Å². The van der Waals surface area contributed by atoms with Gasteiger partial charge in [-0.1, -0.05) is 23.9 Å². The zero-order valence-electron chi connectivity index (χ0n) is 15.8. The third kappa shape index (κ3) is 5.17. The number of para-hydroxylation sites is 1. The van der Waals surface area contributed by atoms with Crippen LogP contribution in [0.25, 0.3) is 0 Å². The third-order valence-electron chi connectivity index (χ3n) is 4.82. The minimum absolute atomic E-state index is 0.205. The SMILES string of the molecule is COc1ccc(Sc2ccccc2N2CCN(CCC(=O)O)CC2C)cc1. The maximum atomic E-state index is 10.8. The fourth-order valence-electron chi connectivity index (χ4n) is 3.40. The number of methoxy groups -OCH3 is 1. The van der Waals surface area contributed by atoms with Gasteiger partial charge in [-0.05, 0) is 43.3 Å². The zero-order chi connectivity index (χ0) is 19.2. The van der Waals surface area contributed by atoms with E-state index in [0.717, 1.165) is 25.4 Å². The molecule has 1 N–H and O–H groups in total. The Morgan fingerprint density at radius 3 is 2.59 bits per heavy atom. The highest BCUT2D eigenvalue weighted by molar-refractivity contribution is 7.99. The van der Waals surface area contributed by atoms with Crippen molar-refractivity contribution >= 4 is 23.4 Å². The Morgan fingerprint density at radius 1 is 1.19 bits per heavy atom. The second-order valence-electron chi connectivity index (χ2n) is 6.73. The van der Waals surface area contributed by atoms with Gasteiger partial charge in [0.05, 0.1) is 19.2 Å². The molecule has 1 fully saturated rings. The molecule has 0 bridgehead atoms. The number of carboxylic acid groups (broad SMARTS) is 1. The molecule has 1 atom stereocenters. The van der Waals surface area contributed by atoms with Gasteiger partial charge in [0.2, 0.25) is 0 Å². The van der Waals surface area contributed by atoms with E-state index >= 15 is 0 Å². The standard InChI is InChI=1S/C21H26N2O3S/c1-16-15-22(12-11-21(24)25)13-14-23(16)19-5-3-4-6-20(19)27-18-9-7-17(26-2)8-10-18/h3-10,16H,11-15H2,1-2H3,(H,24,25). The molecule has 1 saturated heterocycles. The molecule has 1 heterocycles. The van der Waals surface area contributed by atoms with Crippen LogP contribution < -0.4 is 9.64 Å². The Morgan fingerprint density at radius 2 is 1.93 bits per heavy atom. The second kappa shape index (κ2) is 9.15. The number of nitrogens with zero attached hydrogens (tertiary/aromatic N) is 2. The smallest absolute Gasteiger partial charge is 0.304 e. The summed E-state index contributed by atoms with van der Waals surface area (Å²) < 4.78 is 5.24. The third-order valence-corrected chi connectivity index (χ3v) is 5.89. The highest BCUT2D eigenvalue weighted by atomic mass is 32.2. The second-order valence-corrected chi connectivity index (χ2v) is 7.85. The normalized spacial score (nSPS) is 17.7. The number of carboxylic acids is 1. The van der Waals surface area contributed by atoms with E-state index < -0.39 is 5.97 Å². The molecular weight excluding hydrogens is 360 g/mol. The molecule has 2 aromatic carbocycles. The minimum atomic E-state index is -0.730. The van der Waals surface area contributed by atoms with Crippen LogP contribution in [0.2, 0.25) is 0 Å². The molecule has 0 saturated carbocycles. The van der Waals surface area contributed by atoms with Crippen molar-refractivity contribution in [3.8, 4) is 5.75 Å². The van der Waals surface area contributed by atoms with E-state index in [-0.39, 0.29) is 6.42 Å². The fraction of sp³-hybridized carbons (Fsp3) is 0.381. The van der Waals surface area contributed by atoms with Gasteiger partial charge in [-0.3, -0.25) is 9.69 Å². The minimum Gasteiger partial charge on any atom is -0.497 e. The van der Waals surface area contributed by atoms with Crippen LogP contribution in [0.15, 0.2) is 58.3 Å². The van der Waals surface area contributed by atoms with Gasteiger partial charge in [0.1, 0.15) is 5.75 Å². The first-order valence-corrected chi connectivity index (χ1v) is 10.00. The Bertz CT molecular complexity index is 766. The van der Waals surface area contributed by atoms with Crippen LogP contribution >= 0.6 is 11.8 Å². The lowest BCUT2D eigenvalue weighted by Gasteiger charge is -2.41. The Labute approximate surface area is 164 Å². The van der Waals surface area contributed by atoms with Crippen molar-refractivity contribution < 1.29 is 14.6 Å². The first-order valence-electron chi connectivity index (χ1n) is 9.18. The van der Waals surface area contributed by atoms with Gasteiger partial charge in [0.25, 0.3) is 0 Å². The Hall–Kier alpha value is -2.18. The molecule has 27 heavy (non-hydrogen) atoms. The van der Waals surface area contributed by atoms with Crippen LogP contribution in [0.3, 0.4) is 0 Å². The number of aliphatic carboxylic acids is 1. The van der Waals surface area contributed by atoms with Crippen LogP contribution in [0.4, 0.5) is 5.69 Å². The molecule has 3 rings (SSSR count). The average Bonchev–Trinajstić information content (AvgIpc) is 2.68. The van der Waals surface area contributed by atoms with Crippen LogP contribution in [0, 0.1) is 0 Å². The number of rotatable bonds is 7.